The number of aromatic nitrogens is 4. The van der Waals surface area contributed by atoms with Gasteiger partial charge in [-0.05, 0) is 13.8 Å². The average molecular weight is 364 g/mol. The first kappa shape index (κ1) is 18.5. The molecular weight excluding hydrogens is 336 g/mol. The van der Waals surface area contributed by atoms with Crippen molar-refractivity contribution in [2.24, 2.45) is 14.1 Å². The molecule has 9 heteroatoms. The quantitative estimate of drug-likeness (QED) is 0.589. The molecule has 0 spiro atoms. The molecule has 0 unspecified atom stereocenters. The van der Waals surface area contributed by atoms with E-state index < -0.39 is 17.3 Å². The zero-order valence-corrected chi connectivity index (χ0v) is 16.1. The summed E-state index contributed by atoms with van der Waals surface area (Å²) < 4.78 is 4.19. The number of aryl methyl sites for hydroxylation is 1. The molecule has 2 aromatic heterocycles. The SMILES string of the molecule is CC(=O)[C@@H](C)n1c(C[NH+]2CC[NH+](C)CC2)nc2c1c(=O)n(C)c(=O)n2C. The highest BCUT2D eigenvalue weighted by molar-refractivity contribution is 5.82. The third-order valence-corrected chi connectivity index (χ3v) is 5.56. The Hall–Kier alpha value is -2.26. The van der Waals surface area contributed by atoms with Gasteiger partial charge in [0.1, 0.15) is 32.7 Å². The van der Waals surface area contributed by atoms with Gasteiger partial charge in [0.15, 0.2) is 22.8 Å². The highest BCUT2D eigenvalue weighted by Crippen LogP contribution is 2.18. The summed E-state index contributed by atoms with van der Waals surface area (Å²) in [6.07, 6.45) is 0. The van der Waals surface area contributed by atoms with Crippen LogP contribution in [0, 0.1) is 0 Å². The van der Waals surface area contributed by atoms with Gasteiger partial charge in [-0.25, -0.2) is 9.78 Å². The molecule has 0 amide bonds. The van der Waals surface area contributed by atoms with Crippen molar-refractivity contribution >= 4 is 16.9 Å². The third kappa shape index (κ3) is 3.01. The van der Waals surface area contributed by atoms with Crippen molar-refractivity contribution in [3.63, 3.8) is 0 Å². The number of ketones is 1. The fraction of sp³-hybridized carbons (Fsp3) is 0.647. The molecule has 9 nitrogen and oxygen atoms in total. The molecule has 1 aliphatic rings. The predicted octanol–water partition coefficient (Wildman–Crippen LogP) is -3.50. The van der Waals surface area contributed by atoms with E-state index in [9.17, 15) is 14.4 Å². The fourth-order valence-electron chi connectivity index (χ4n) is 3.61. The van der Waals surface area contributed by atoms with E-state index in [0.29, 0.717) is 23.5 Å². The Kier molecular flexibility index (Phi) is 4.85. The second kappa shape index (κ2) is 6.81. The summed E-state index contributed by atoms with van der Waals surface area (Å²) in [5.74, 6) is 0.648. The van der Waals surface area contributed by atoms with E-state index in [1.54, 1.807) is 18.5 Å². The second-order valence-electron chi connectivity index (χ2n) is 7.45. The minimum absolute atomic E-state index is 0.0423. The zero-order chi connectivity index (χ0) is 19.2. The number of rotatable bonds is 4. The number of carbonyl (C=O) groups excluding carboxylic acids is 1. The molecule has 0 saturated carbocycles. The lowest BCUT2D eigenvalue weighted by Crippen LogP contribution is -3.26. The van der Waals surface area contributed by atoms with Crippen LogP contribution in [0.15, 0.2) is 9.59 Å². The standard InChI is InChI=1S/C17H26N6O3/c1-11(12(2)24)23-13(10-22-8-6-19(3)7-9-22)18-15-14(23)16(25)21(5)17(26)20(15)4/h11H,6-10H2,1-5H3/p+2/t11-/m1/s1. The van der Waals surface area contributed by atoms with Crippen LogP contribution in [0.25, 0.3) is 11.2 Å². The number of carbonyl (C=O) groups is 1. The molecule has 1 saturated heterocycles. The molecule has 142 valence electrons. The number of hydrogen-bond donors (Lipinski definition) is 2. The second-order valence-corrected chi connectivity index (χ2v) is 7.45. The number of quaternary nitrogens is 2. The summed E-state index contributed by atoms with van der Waals surface area (Å²) >= 11 is 0. The number of imidazole rings is 1. The van der Waals surface area contributed by atoms with Gasteiger partial charge in [-0.15, -0.1) is 0 Å². The van der Waals surface area contributed by atoms with Gasteiger partial charge < -0.3 is 14.4 Å². The minimum Gasteiger partial charge on any atom is -0.328 e. The van der Waals surface area contributed by atoms with Crippen molar-refractivity contribution in [3.8, 4) is 0 Å². The van der Waals surface area contributed by atoms with Crippen LogP contribution >= 0.6 is 0 Å². The van der Waals surface area contributed by atoms with E-state index in [2.05, 4.69) is 12.0 Å². The monoisotopic (exact) mass is 364 g/mol. The molecule has 2 aromatic rings. The van der Waals surface area contributed by atoms with Gasteiger partial charge in [0, 0.05) is 14.1 Å². The number of piperazine rings is 1. The number of Topliss-reactive ketones (excluding diaryl/α,β-unsaturated/α-hetero) is 1. The van der Waals surface area contributed by atoms with Crippen LogP contribution in [0.5, 0.6) is 0 Å². The number of hydrogen-bond acceptors (Lipinski definition) is 4. The van der Waals surface area contributed by atoms with Crippen molar-refractivity contribution in [2.45, 2.75) is 26.4 Å². The summed E-state index contributed by atoms with van der Waals surface area (Å²) in [5, 5.41) is 0. The normalized spacial score (nSPS) is 21.9. The van der Waals surface area contributed by atoms with Crippen LogP contribution in [-0.4, -0.2) is 57.7 Å². The Labute approximate surface area is 151 Å². The Morgan fingerprint density at radius 2 is 1.77 bits per heavy atom. The summed E-state index contributed by atoms with van der Waals surface area (Å²) in [7, 11) is 5.24. The van der Waals surface area contributed by atoms with Gasteiger partial charge in [0.25, 0.3) is 5.56 Å². The molecule has 0 bridgehead atoms. The lowest BCUT2D eigenvalue weighted by atomic mass is 10.2. The van der Waals surface area contributed by atoms with E-state index in [1.165, 1.54) is 28.3 Å². The highest BCUT2D eigenvalue weighted by Gasteiger charge is 2.28. The Morgan fingerprint density at radius 1 is 1.15 bits per heavy atom. The van der Waals surface area contributed by atoms with Crippen LogP contribution in [0.3, 0.4) is 0 Å². The Morgan fingerprint density at radius 3 is 2.35 bits per heavy atom. The van der Waals surface area contributed by atoms with E-state index >= 15 is 0 Å². The van der Waals surface area contributed by atoms with Gasteiger partial charge in [-0.2, -0.15) is 0 Å². The smallest absolute Gasteiger partial charge is 0.328 e. The molecule has 0 aromatic carbocycles. The van der Waals surface area contributed by atoms with Crippen molar-refractivity contribution in [1.29, 1.82) is 0 Å². The predicted molar refractivity (Wildman–Crippen MR) is 96.6 cm³/mol. The first-order chi connectivity index (χ1) is 12.2. The topological polar surface area (TPSA) is 87.8 Å². The molecule has 0 aliphatic carbocycles. The van der Waals surface area contributed by atoms with Gasteiger partial charge >= 0.3 is 5.69 Å². The maximum absolute atomic E-state index is 12.8. The molecule has 1 atom stereocenters. The van der Waals surface area contributed by atoms with Crippen LogP contribution in [0.4, 0.5) is 0 Å². The van der Waals surface area contributed by atoms with Crippen molar-refractivity contribution in [2.75, 3.05) is 33.2 Å². The first-order valence-corrected chi connectivity index (χ1v) is 9.04. The lowest BCUT2D eigenvalue weighted by molar-refractivity contribution is -1.01. The van der Waals surface area contributed by atoms with Crippen molar-refractivity contribution in [3.05, 3.63) is 26.7 Å². The maximum Gasteiger partial charge on any atom is 0.332 e. The molecule has 1 fully saturated rings. The van der Waals surface area contributed by atoms with Gasteiger partial charge in [0.2, 0.25) is 0 Å². The summed E-state index contributed by atoms with van der Waals surface area (Å²) in [6, 6.07) is -0.502. The summed E-state index contributed by atoms with van der Waals surface area (Å²) in [6.45, 7) is 8.12. The Bertz CT molecular complexity index is 962. The fourth-order valence-corrected chi connectivity index (χ4v) is 3.61. The molecule has 26 heavy (non-hydrogen) atoms. The van der Waals surface area contributed by atoms with Gasteiger partial charge in [-0.3, -0.25) is 18.7 Å². The highest BCUT2D eigenvalue weighted by atomic mass is 16.2. The van der Waals surface area contributed by atoms with Crippen molar-refractivity contribution < 1.29 is 14.6 Å². The number of fused-ring (bicyclic) bond motifs is 1. The van der Waals surface area contributed by atoms with Crippen molar-refractivity contribution in [1.82, 2.24) is 18.7 Å². The van der Waals surface area contributed by atoms with Crippen LogP contribution in [-0.2, 0) is 25.4 Å². The molecule has 3 heterocycles. The zero-order valence-electron chi connectivity index (χ0n) is 16.1. The molecule has 2 N–H and O–H groups in total. The summed E-state index contributed by atoms with van der Waals surface area (Å²) in [4.78, 5) is 44.6. The van der Waals surface area contributed by atoms with Crippen LogP contribution in [0.2, 0.25) is 0 Å². The van der Waals surface area contributed by atoms with E-state index in [1.807, 2.05) is 0 Å². The van der Waals surface area contributed by atoms with Gasteiger partial charge in [-0.1, -0.05) is 0 Å². The van der Waals surface area contributed by atoms with E-state index in [0.717, 1.165) is 30.7 Å². The lowest BCUT2D eigenvalue weighted by Gasteiger charge is -2.27. The molecule has 1 aliphatic heterocycles. The van der Waals surface area contributed by atoms with E-state index in [4.69, 9.17) is 0 Å². The minimum atomic E-state index is -0.502. The maximum atomic E-state index is 12.8. The molecule has 3 rings (SSSR count). The van der Waals surface area contributed by atoms with Crippen LogP contribution in [0.1, 0.15) is 25.7 Å². The third-order valence-electron chi connectivity index (χ3n) is 5.56. The van der Waals surface area contributed by atoms with Gasteiger partial charge in [0.05, 0.1) is 13.1 Å². The Balaban J connectivity index is 2.18. The number of nitrogens with zero attached hydrogens (tertiary/aromatic N) is 4. The largest absolute Gasteiger partial charge is 0.332 e. The molecule has 0 radical (unpaired) electrons. The first-order valence-electron chi connectivity index (χ1n) is 9.04. The number of nitrogens with one attached hydrogen (secondary N) is 2. The summed E-state index contributed by atoms with van der Waals surface area (Å²) in [5.41, 5.74) is -0.149. The van der Waals surface area contributed by atoms with E-state index in [-0.39, 0.29) is 5.78 Å². The average Bonchev–Trinajstić information content (AvgIpc) is 2.98. The van der Waals surface area contributed by atoms with Crippen LogP contribution < -0.4 is 21.0 Å². The molecular formula is C17H28N6O3+2. The number of likely N-dealkylation sites (N-methyl/N-ethyl adjacent to an activating group) is 1.